The monoisotopic (exact) mass is 616 g/mol. The summed E-state index contributed by atoms with van der Waals surface area (Å²) in [5.41, 5.74) is 1.72. The summed E-state index contributed by atoms with van der Waals surface area (Å²) in [7, 11) is 0. The number of nitrogens with zero attached hydrogens (tertiary/aromatic N) is 3. The largest absolute Gasteiger partial charge is 0.508 e. The number of carbonyl (C=O) groups is 4. The van der Waals surface area contributed by atoms with Crippen LogP contribution in [0.1, 0.15) is 33.6 Å². The van der Waals surface area contributed by atoms with Gasteiger partial charge in [-0.3, -0.25) is 28.7 Å². The molecule has 3 unspecified atom stereocenters. The molecule has 2 aliphatic heterocycles. The van der Waals surface area contributed by atoms with E-state index in [0.29, 0.717) is 32.4 Å². The van der Waals surface area contributed by atoms with Gasteiger partial charge < -0.3 is 15.2 Å². The first-order valence-electron chi connectivity index (χ1n) is 13.3. The van der Waals surface area contributed by atoms with Crippen molar-refractivity contribution in [1.82, 2.24) is 9.55 Å². The summed E-state index contributed by atoms with van der Waals surface area (Å²) in [6, 6.07) is 15.5. The molecule has 2 N–H and O–H groups in total. The van der Waals surface area contributed by atoms with Crippen molar-refractivity contribution in [2.45, 2.75) is 29.7 Å². The van der Waals surface area contributed by atoms with Crippen LogP contribution < -0.4 is 15.1 Å². The minimum atomic E-state index is -0.865. The number of nitrogens with one attached hydrogen (secondary N) is 1. The van der Waals surface area contributed by atoms with Crippen molar-refractivity contribution >= 4 is 58.2 Å². The van der Waals surface area contributed by atoms with Gasteiger partial charge in [0.2, 0.25) is 17.7 Å². The van der Waals surface area contributed by atoms with E-state index in [-0.39, 0.29) is 18.9 Å². The first kappa shape index (κ1) is 28.4. The SMILES string of the molecule is CCOC(=O)c1ccc(N2C(=O)C3Sc4c(sc(=O)n4CC(=O)Nc4ccc(O)cc4)C(c4cccnc4)C3C2=O)cc1. The van der Waals surface area contributed by atoms with Crippen LogP contribution >= 0.6 is 23.1 Å². The Balaban J connectivity index is 1.35. The topological polar surface area (TPSA) is 148 Å². The van der Waals surface area contributed by atoms with Crippen LogP contribution in [0.3, 0.4) is 0 Å². The van der Waals surface area contributed by atoms with Gasteiger partial charge in [-0.15, -0.1) is 0 Å². The Bertz CT molecular complexity index is 1790. The standard InChI is InChI=1S/C30H24N4O7S2/c1-2-41-29(39)16-5-9-19(10-6-16)34-26(37)23-22(17-4-3-13-31-14-17)25-28(42-24(23)27(34)38)33(30(40)43-25)15-21(36)32-18-7-11-20(35)12-8-18/h3-14,22-24,35H,2,15H2,1H3,(H,32,36). The smallest absolute Gasteiger partial charge is 0.338 e. The molecule has 0 bridgehead atoms. The number of ether oxygens (including phenoxy) is 1. The summed E-state index contributed by atoms with van der Waals surface area (Å²) in [4.78, 5) is 71.7. The van der Waals surface area contributed by atoms with Crippen LogP contribution in [0, 0.1) is 5.92 Å². The lowest BCUT2D eigenvalue weighted by Gasteiger charge is -2.30. The Morgan fingerprint density at radius 2 is 1.77 bits per heavy atom. The van der Waals surface area contributed by atoms with Gasteiger partial charge in [-0.1, -0.05) is 29.2 Å². The molecule has 11 nitrogen and oxygen atoms in total. The summed E-state index contributed by atoms with van der Waals surface area (Å²) in [5.74, 6) is -3.28. The van der Waals surface area contributed by atoms with Gasteiger partial charge in [0.15, 0.2) is 0 Å². The Labute approximate surface area is 253 Å². The van der Waals surface area contributed by atoms with Crippen LogP contribution in [0.5, 0.6) is 5.75 Å². The van der Waals surface area contributed by atoms with E-state index in [4.69, 9.17) is 4.74 Å². The molecule has 1 saturated heterocycles. The number of thioether (sulfide) groups is 1. The van der Waals surface area contributed by atoms with E-state index < -0.39 is 45.6 Å². The third-order valence-electron chi connectivity index (χ3n) is 7.18. The number of rotatable bonds is 7. The summed E-state index contributed by atoms with van der Waals surface area (Å²) in [5, 5.41) is 11.8. The minimum absolute atomic E-state index is 0.0493. The van der Waals surface area contributed by atoms with Crippen molar-refractivity contribution in [2.24, 2.45) is 5.92 Å². The number of aromatic hydroxyl groups is 1. The second-order valence-corrected chi connectivity index (χ2v) is 11.9. The predicted molar refractivity (Wildman–Crippen MR) is 159 cm³/mol. The minimum Gasteiger partial charge on any atom is -0.508 e. The number of aromatic nitrogens is 2. The number of benzene rings is 2. The molecule has 2 aromatic carbocycles. The van der Waals surface area contributed by atoms with E-state index in [1.165, 1.54) is 53.1 Å². The van der Waals surface area contributed by atoms with Gasteiger partial charge in [0.25, 0.3) is 0 Å². The van der Waals surface area contributed by atoms with E-state index in [0.717, 1.165) is 28.0 Å². The molecule has 0 saturated carbocycles. The number of anilines is 2. The van der Waals surface area contributed by atoms with Crippen LogP contribution in [-0.4, -0.2) is 50.2 Å². The normalized spacial score (nSPS) is 19.1. The van der Waals surface area contributed by atoms with Crippen LogP contribution in [-0.2, 0) is 25.7 Å². The number of thiazole rings is 1. The van der Waals surface area contributed by atoms with Crippen LogP contribution in [0.4, 0.5) is 11.4 Å². The van der Waals surface area contributed by atoms with Crippen molar-refractivity contribution in [3.05, 3.63) is 98.7 Å². The molecule has 2 aliphatic rings. The molecule has 6 rings (SSSR count). The van der Waals surface area contributed by atoms with Gasteiger partial charge in [0.05, 0.1) is 28.8 Å². The number of carbonyl (C=O) groups excluding carboxylic acids is 4. The molecule has 0 radical (unpaired) electrons. The fraction of sp³-hybridized carbons (Fsp3) is 0.200. The highest BCUT2D eigenvalue weighted by Crippen LogP contribution is 2.53. The van der Waals surface area contributed by atoms with Gasteiger partial charge in [-0.25, -0.2) is 9.69 Å². The van der Waals surface area contributed by atoms with E-state index in [9.17, 15) is 29.1 Å². The van der Waals surface area contributed by atoms with Crippen molar-refractivity contribution in [3.63, 3.8) is 0 Å². The van der Waals surface area contributed by atoms with Gasteiger partial charge in [0.1, 0.15) is 17.5 Å². The molecule has 2 aromatic heterocycles. The van der Waals surface area contributed by atoms with Gasteiger partial charge in [-0.05, 0) is 67.1 Å². The average Bonchev–Trinajstić information content (AvgIpc) is 3.45. The Morgan fingerprint density at radius 1 is 1.02 bits per heavy atom. The number of amides is 3. The average molecular weight is 617 g/mol. The lowest BCUT2D eigenvalue weighted by Crippen LogP contribution is -2.33. The molecule has 13 heteroatoms. The molecule has 4 aromatic rings. The molecule has 3 amide bonds. The highest BCUT2D eigenvalue weighted by molar-refractivity contribution is 8.00. The number of phenols is 1. The lowest BCUT2D eigenvalue weighted by atomic mass is 9.84. The summed E-state index contributed by atoms with van der Waals surface area (Å²) in [6.07, 6.45) is 3.21. The number of pyridine rings is 1. The Morgan fingerprint density at radius 3 is 2.44 bits per heavy atom. The highest BCUT2D eigenvalue weighted by atomic mass is 32.2. The van der Waals surface area contributed by atoms with Gasteiger partial charge in [0, 0.05) is 28.9 Å². The maximum atomic E-state index is 14.0. The number of fused-ring (bicyclic) bond motifs is 2. The second-order valence-electron chi connectivity index (χ2n) is 9.83. The first-order chi connectivity index (χ1) is 20.8. The third-order valence-corrected chi connectivity index (χ3v) is 9.79. The zero-order valence-corrected chi connectivity index (χ0v) is 24.3. The Hall–Kier alpha value is -4.75. The molecule has 1 fully saturated rings. The molecule has 4 heterocycles. The molecular formula is C30H24N4O7S2. The molecule has 43 heavy (non-hydrogen) atoms. The molecule has 0 spiro atoms. The van der Waals surface area contributed by atoms with Crippen molar-refractivity contribution < 1.29 is 29.0 Å². The van der Waals surface area contributed by atoms with Gasteiger partial charge >= 0.3 is 10.8 Å². The molecular weight excluding hydrogens is 592 g/mol. The zero-order valence-electron chi connectivity index (χ0n) is 22.6. The number of hydrogen-bond acceptors (Lipinski definition) is 10. The summed E-state index contributed by atoms with van der Waals surface area (Å²) < 4.78 is 6.36. The Kier molecular flexibility index (Phi) is 7.59. The number of phenolic OH excluding ortho intramolecular Hbond substituents is 1. The highest BCUT2D eigenvalue weighted by Gasteiger charge is 2.56. The van der Waals surface area contributed by atoms with Crippen molar-refractivity contribution in [1.29, 1.82) is 0 Å². The van der Waals surface area contributed by atoms with E-state index >= 15 is 0 Å². The fourth-order valence-electron chi connectivity index (χ4n) is 5.28. The maximum Gasteiger partial charge on any atom is 0.338 e. The van der Waals surface area contributed by atoms with E-state index in [1.807, 2.05) is 0 Å². The van der Waals surface area contributed by atoms with Crippen LogP contribution in [0.15, 0.2) is 82.9 Å². The van der Waals surface area contributed by atoms with Crippen molar-refractivity contribution in [2.75, 3.05) is 16.8 Å². The van der Waals surface area contributed by atoms with Crippen LogP contribution in [0.2, 0.25) is 0 Å². The number of imide groups is 1. The molecule has 218 valence electrons. The number of esters is 1. The zero-order chi connectivity index (χ0) is 30.2. The summed E-state index contributed by atoms with van der Waals surface area (Å²) in [6.45, 7) is 1.61. The number of hydrogen-bond donors (Lipinski definition) is 2. The maximum absolute atomic E-state index is 14.0. The fourth-order valence-corrected chi connectivity index (χ4v) is 8.05. The van der Waals surface area contributed by atoms with E-state index in [2.05, 4.69) is 10.3 Å². The molecule has 0 aliphatic carbocycles. The molecule has 3 atom stereocenters. The first-order valence-corrected chi connectivity index (χ1v) is 15.0. The quantitative estimate of drug-likeness (QED) is 0.180. The van der Waals surface area contributed by atoms with Crippen LogP contribution in [0.25, 0.3) is 0 Å². The van der Waals surface area contributed by atoms with Crippen molar-refractivity contribution in [3.8, 4) is 5.75 Å². The lowest BCUT2D eigenvalue weighted by molar-refractivity contribution is -0.122. The van der Waals surface area contributed by atoms with Gasteiger partial charge in [-0.2, -0.15) is 0 Å². The van der Waals surface area contributed by atoms with E-state index in [1.54, 1.807) is 31.5 Å². The predicted octanol–water partition coefficient (Wildman–Crippen LogP) is 3.62. The summed E-state index contributed by atoms with van der Waals surface area (Å²) >= 11 is 2.04. The second kappa shape index (κ2) is 11.5. The third kappa shape index (κ3) is 5.21.